The zero-order valence-electron chi connectivity index (χ0n) is 15.7. The van der Waals surface area contributed by atoms with Crippen molar-refractivity contribution in [3.8, 4) is 23.0 Å². The molecule has 5 nitrogen and oxygen atoms in total. The molecule has 0 aliphatic rings. The number of carbonyl (C=O) groups is 1. The molecule has 0 spiro atoms. The summed E-state index contributed by atoms with van der Waals surface area (Å²) in [6.45, 7) is 1.55. The van der Waals surface area contributed by atoms with Gasteiger partial charge in [0, 0.05) is 5.56 Å². The number of halogens is 2. The van der Waals surface area contributed by atoms with Crippen LogP contribution >= 0.6 is 0 Å². The molecule has 0 heterocycles. The van der Waals surface area contributed by atoms with E-state index < -0.39 is 17.4 Å². The largest absolute Gasteiger partial charge is 0.493 e. The second-order valence-electron chi connectivity index (χ2n) is 5.59. The average molecular weight is 378 g/mol. The maximum atomic E-state index is 13.8. The Hall–Kier alpha value is -3.09. The number of rotatable bonds is 7. The van der Waals surface area contributed by atoms with Crippen molar-refractivity contribution in [3.05, 3.63) is 52.6 Å². The summed E-state index contributed by atoms with van der Waals surface area (Å²) in [5, 5.41) is 0. The van der Waals surface area contributed by atoms with Crippen molar-refractivity contribution < 1.29 is 32.5 Å². The first-order chi connectivity index (χ1) is 12.9. The molecule has 0 bridgehead atoms. The quantitative estimate of drug-likeness (QED) is 0.532. The number of ether oxygens (including phenoxy) is 4. The summed E-state index contributed by atoms with van der Waals surface area (Å²) in [6, 6.07) is 5.20. The predicted molar refractivity (Wildman–Crippen MR) is 97.0 cm³/mol. The van der Waals surface area contributed by atoms with E-state index in [2.05, 4.69) is 4.74 Å². The molecule has 0 unspecified atom stereocenters. The maximum absolute atomic E-state index is 13.8. The van der Waals surface area contributed by atoms with E-state index in [-0.39, 0.29) is 22.5 Å². The fraction of sp³-hybridized carbons (Fsp3) is 0.250. The zero-order valence-corrected chi connectivity index (χ0v) is 15.7. The van der Waals surface area contributed by atoms with E-state index in [1.165, 1.54) is 46.6 Å². The highest BCUT2D eigenvalue weighted by Gasteiger charge is 2.18. The van der Waals surface area contributed by atoms with Crippen LogP contribution in [0.15, 0.2) is 29.8 Å². The fourth-order valence-electron chi connectivity index (χ4n) is 2.61. The molecule has 2 aromatic rings. The van der Waals surface area contributed by atoms with Crippen LogP contribution in [0.4, 0.5) is 8.78 Å². The van der Waals surface area contributed by atoms with Crippen molar-refractivity contribution >= 4 is 11.9 Å². The third-order valence-corrected chi connectivity index (χ3v) is 3.89. The van der Waals surface area contributed by atoms with E-state index in [0.29, 0.717) is 17.2 Å². The van der Waals surface area contributed by atoms with E-state index >= 15 is 0 Å². The van der Waals surface area contributed by atoms with E-state index in [1.54, 1.807) is 6.92 Å². The summed E-state index contributed by atoms with van der Waals surface area (Å²) in [4.78, 5) is 12.7. The van der Waals surface area contributed by atoms with E-state index in [9.17, 15) is 13.6 Å². The van der Waals surface area contributed by atoms with Crippen molar-refractivity contribution in [1.82, 2.24) is 0 Å². The summed E-state index contributed by atoms with van der Waals surface area (Å²) in [5.74, 6) is -1.51. The number of ketones is 1. The molecule has 0 aromatic heterocycles. The van der Waals surface area contributed by atoms with Crippen LogP contribution in [-0.2, 0) is 0 Å². The summed E-state index contributed by atoms with van der Waals surface area (Å²) >= 11 is 0. The van der Waals surface area contributed by atoms with Crippen molar-refractivity contribution in [2.45, 2.75) is 6.92 Å². The van der Waals surface area contributed by atoms with Crippen LogP contribution in [-0.4, -0.2) is 34.2 Å². The molecular formula is C20H20F2O5. The minimum atomic E-state index is -0.850. The van der Waals surface area contributed by atoms with Gasteiger partial charge in [0.25, 0.3) is 0 Å². The number of allylic oxidation sites excluding steroid dienone is 1. The monoisotopic (exact) mass is 378 g/mol. The number of benzene rings is 2. The summed E-state index contributed by atoms with van der Waals surface area (Å²) in [7, 11) is 5.52. The van der Waals surface area contributed by atoms with Crippen LogP contribution < -0.4 is 18.9 Å². The number of hydrogen-bond acceptors (Lipinski definition) is 5. The van der Waals surface area contributed by atoms with Crippen LogP contribution in [0.25, 0.3) is 6.08 Å². The SMILES string of the molecule is COc1cc(C(=O)/C(C)=C/c2cc(F)c(OC)c(F)c2)cc(OC)c1OC. The Balaban J connectivity index is 2.44. The Kier molecular flexibility index (Phi) is 6.39. The molecular weight excluding hydrogens is 358 g/mol. The first kappa shape index (κ1) is 20.2. The Bertz CT molecular complexity index is 842. The van der Waals surface area contributed by atoms with Gasteiger partial charge in [0.05, 0.1) is 28.4 Å². The lowest BCUT2D eigenvalue weighted by atomic mass is 10.0. The maximum Gasteiger partial charge on any atom is 0.203 e. The smallest absolute Gasteiger partial charge is 0.203 e. The van der Waals surface area contributed by atoms with Crippen molar-refractivity contribution in [1.29, 1.82) is 0 Å². The third kappa shape index (κ3) is 4.19. The van der Waals surface area contributed by atoms with E-state index in [4.69, 9.17) is 14.2 Å². The second-order valence-corrected chi connectivity index (χ2v) is 5.59. The normalized spacial score (nSPS) is 11.1. The van der Waals surface area contributed by atoms with Gasteiger partial charge in [0.1, 0.15) is 0 Å². The van der Waals surface area contributed by atoms with Crippen LogP contribution in [0.1, 0.15) is 22.8 Å². The van der Waals surface area contributed by atoms with Gasteiger partial charge >= 0.3 is 0 Å². The number of carbonyl (C=O) groups excluding carboxylic acids is 1. The molecule has 2 rings (SSSR count). The highest BCUT2D eigenvalue weighted by atomic mass is 19.1. The molecule has 7 heteroatoms. The molecule has 0 atom stereocenters. The molecule has 27 heavy (non-hydrogen) atoms. The van der Waals surface area contributed by atoms with Gasteiger partial charge in [-0.1, -0.05) is 0 Å². The lowest BCUT2D eigenvalue weighted by Crippen LogP contribution is -2.04. The minimum Gasteiger partial charge on any atom is -0.493 e. The number of hydrogen-bond donors (Lipinski definition) is 0. The highest BCUT2D eigenvalue weighted by molar-refractivity contribution is 6.11. The second kappa shape index (κ2) is 8.53. The molecule has 0 aliphatic heterocycles. The zero-order chi connectivity index (χ0) is 20.1. The summed E-state index contributed by atoms with van der Waals surface area (Å²) in [5.41, 5.74) is 0.755. The van der Waals surface area contributed by atoms with Crippen LogP contribution in [0.3, 0.4) is 0 Å². The van der Waals surface area contributed by atoms with Crippen molar-refractivity contribution in [2.24, 2.45) is 0 Å². The minimum absolute atomic E-state index is 0.198. The Labute approximate surface area is 156 Å². The molecule has 0 saturated heterocycles. The molecule has 0 amide bonds. The standard InChI is InChI=1S/C20H20F2O5/c1-11(6-12-7-14(21)19(26-4)15(22)8-12)18(23)13-9-16(24-2)20(27-5)17(10-13)25-3/h6-10H,1-5H3/b11-6+. The topological polar surface area (TPSA) is 54.0 Å². The molecule has 0 radical (unpaired) electrons. The lowest BCUT2D eigenvalue weighted by molar-refractivity contribution is 0.103. The van der Waals surface area contributed by atoms with Crippen LogP contribution in [0.2, 0.25) is 0 Å². The first-order valence-electron chi connectivity index (χ1n) is 7.92. The van der Waals surface area contributed by atoms with Gasteiger partial charge in [-0.05, 0) is 48.4 Å². The van der Waals surface area contributed by atoms with Gasteiger partial charge in [0.2, 0.25) is 5.75 Å². The lowest BCUT2D eigenvalue weighted by Gasteiger charge is -2.14. The van der Waals surface area contributed by atoms with Gasteiger partial charge in [-0.2, -0.15) is 0 Å². The number of Topliss-reactive ketones (excluding diaryl/α,β-unsaturated/α-hetero) is 1. The van der Waals surface area contributed by atoms with Gasteiger partial charge in [-0.3, -0.25) is 4.79 Å². The predicted octanol–water partition coefficient (Wildman–Crippen LogP) is 4.29. The molecule has 0 aliphatic carbocycles. The summed E-state index contributed by atoms with van der Waals surface area (Å²) in [6.07, 6.45) is 1.39. The van der Waals surface area contributed by atoms with E-state index in [1.807, 2.05) is 0 Å². The molecule has 144 valence electrons. The fourth-order valence-corrected chi connectivity index (χ4v) is 2.61. The Morgan fingerprint density at radius 2 is 1.30 bits per heavy atom. The molecule has 2 aromatic carbocycles. The van der Waals surface area contributed by atoms with Crippen molar-refractivity contribution in [2.75, 3.05) is 28.4 Å². The first-order valence-corrected chi connectivity index (χ1v) is 7.92. The average Bonchev–Trinajstić information content (AvgIpc) is 2.65. The molecule has 0 fully saturated rings. The number of methoxy groups -OCH3 is 4. The Morgan fingerprint density at radius 3 is 1.70 bits per heavy atom. The van der Waals surface area contributed by atoms with E-state index in [0.717, 1.165) is 12.1 Å². The van der Waals surface area contributed by atoms with Gasteiger partial charge in [-0.15, -0.1) is 0 Å². The van der Waals surface area contributed by atoms with Crippen LogP contribution in [0, 0.1) is 11.6 Å². The molecule has 0 N–H and O–H groups in total. The van der Waals surface area contributed by atoms with Crippen LogP contribution in [0.5, 0.6) is 23.0 Å². The summed E-state index contributed by atoms with van der Waals surface area (Å²) < 4.78 is 48.0. The third-order valence-electron chi connectivity index (χ3n) is 3.89. The molecule has 0 saturated carbocycles. The van der Waals surface area contributed by atoms with Crippen molar-refractivity contribution in [3.63, 3.8) is 0 Å². The van der Waals surface area contributed by atoms with Gasteiger partial charge in [-0.25, -0.2) is 8.78 Å². The highest BCUT2D eigenvalue weighted by Crippen LogP contribution is 2.38. The van der Waals surface area contributed by atoms with Gasteiger partial charge in [0.15, 0.2) is 34.7 Å². The Morgan fingerprint density at radius 1 is 0.815 bits per heavy atom. The van der Waals surface area contributed by atoms with Gasteiger partial charge < -0.3 is 18.9 Å².